The van der Waals surface area contributed by atoms with Crippen LogP contribution in [0, 0.1) is 0 Å². The fourth-order valence-electron chi connectivity index (χ4n) is 2.27. The van der Waals surface area contributed by atoms with E-state index in [1.807, 2.05) is 20.1 Å². The van der Waals surface area contributed by atoms with E-state index >= 15 is 0 Å². The number of hydrogen-bond acceptors (Lipinski definition) is 4. The number of para-hydroxylation sites is 1. The highest BCUT2D eigenvalue weighted by molar-refractivity contribution is 7.98. The molecule has 0 aliphatic rings. The molecule has 0 bridgehead atoms. The summed E-state index contributed by atoms with van der Waals surface area (Å²) in [5.41, 5.74) is -1.21. The molecule has 0 saturated heterocycles. The molecule has 9 heteroatoms. The van der Waals surface area contributed by atoms with Gasteiger partial charge in [0.05, 0.1) is 11.1 Å². The predicted molar refractivity (Wildman–Crippen MR) is 101 cm³/mol. The molecule has 1 N–H and O–H groups in total. The van der Waals surface area contributed by atoms with Crippen LogP contribution in [0.15, 0.2) is 36.5 Å². The first-order valence-corrected chi connectivity index (χ1v) is 9.62. The summed E-state index contributed by atoms with van der Waals surface area (Å²) in [4.78, 5) is 16.2. The van der Waals surface area contributed by atoms with E-state index < -0.39 is 17.3 Å². The Morgan fingerprint density at radius 3 is 2.56 bits per heavy atom. The van der Waals surface area contributed by atoms with Crippen molar-refractivity contribution in [1.29, 1.82) is 0 Å². The molecule has 0 unspecified atom stereocenters. The van der Waals surface area contributed by atoms with Gasteiger partial charge in [-0.05, 0) is 38.3 Å². The van der Waals surface area contributed by atoms with Crippen molar-refractivity contribution in [2.45, 2.75) is 25.6 Å². The van der Waals surface area contributed by atoms with Gasteiger partial charge >= 0.3 is 6.18 Å². The highest BCUT2D eigenvalue weighted by Crippen LogP contribution is 2.35. The van der Waals surface area contributed by atoms with Crippen LogP contribution in [-0.2, 0) is 6.18 Å². The third-order valence-electron chi connectivity index (χ3n) is 3.43. The van der Waals surface area contributed by atoms with Crippen molar-refractivity contribution in [1.82, 2.24) is 10.3 Å². The average Bonchev–Trinajstić information content (AvgIpc) is 2.55. The minimum Gasteiger partial charge on any atom is -0.437 e. The van der Waals surface area contributed by atoms with Crippen molar-refractivity contribution < 1.29 is 22.7 Å². The highest BCUT2D eigenvalue weighted by Gasteiger charge is 2.32. The predicted octanol–water partition coefficient (Wildman–Crippen LogP) is 5.42. The molecule has 0 aliphatic heterocycles. The monoisotopic (exact) mass is 418 g/mol. The zero-order valence-corrected chi connectivity index (χ0v) is 16.4. The maximum atomic E-state index is 12.7. The molecule has 0 radical (unpaired) electrons. The van der Waals surface area contributed by atoms with Gasteiger partial charge in [-0.2, -0.15) is 24.9 Å². The number of nitrogens with zero attached hydrogens (tertiary/aromatic N) is 1. The van der Waals surface area contributed by atoms with Gasteiger partial charge in [0.25, 0.3) is 5.91 Å². The molecule has 2 aromatic rings. The summed E-state index contributed by atoms with van der Waals surface area (Å²) in [5, 5.41) is 2.60. The van der Waals surface area contributed by atoms with E-state index in [0.717, 1.165) is 6.07 Å². The zero-order chi connectivity index (χ0) is 20.2. The molecule has 2 rings (SSSR count). The van der Waals surface area contributed by atoms with Gasteiger partial charge in [0.1, 0.15) is 10.8 Å². The third-order valence-corrected chi connectivity index (χ3v) is 4.71. The van der Waals surface area contributed by atoms with Crippen LogP contribution < -0.4 is 10.1 Å². The maximum Gasteiger partial charge on any atom is 0.417 e. The number of carbonyl (C=O) groups is 1. The molecule has 1 heterocycles. The Morgan fingerprint density at radius 2 is 1.96 bits per heavy atom. The zero-order valence-electron chi connectivity index (χ0n) is 14.9. The fourth-order valence-corrected chi connectivity index (χ4v) is 3.27. The van der Waals surface area contributed by atoms with Gasteiger partial charge in [-0.1, -0.05) is 23.7 Å². The summed E-state index contributed by atoms with van der Waals surface area (Å²) in [5.74, 6) is 0.263. The fraction of sp³-hybridized carbons (Fsp3) is 0.333. The van der Waals surface area contributed by atoms with Crippen molar-refractivity contribution in [2.24, 2.45) is 0 Å². The Kier molecular flexibility index (Phi) is 6.64. The molecule has 1 aromatic heterocycles. The summed E-state index contributed by atoms with van der Waals surface area (Å²) in [6, 6.07) is 7.10. The lowest BCUT2D eigenvalue weighted by Gasteiger charge is -2.25. The Bertz CT molecular complexity index is 828. The number of alkyl halides is 3. The average molecular weight is 419 g/mol. The molecular weight excluding hydrogens is 401 g/mol. The molecule has 0 spiro atoms. The Labute approximate surface area is 164 Å². The van der Waals surface area contributed by atoms with E-state index in [2.05, 4.69) is 10.3 Å². The van der Waals surface area contributed by atoms with Crippen LogP contribution in [0.4, 0.5) is 13.2 Å². The number of ether oxygens (including phenoxy) is 1. The Morgan fingerprint density at radius 1 is 1.30 bits per heavy atom. The maximum absolute atomic E-state index is 12.7. The smallest absolute Gasteiger partial charge is 0.417 e. The number of thioether (sulfide) groups is 1. The lowest BCUT2D eigenvalue weighted by Crippen LogP contribution is -2.45. The van der Waals surface area contributed by atoms with Gasteiger partial charge in [-0.3, -0.25) is 4.79 Å². The number of hydrogen-bond donors (Lipinski definition) is 1. The molecule has 1 amide bonds. The van der Waals surface area contributed by atoms with Gasteiger partial charge < -0.3 is 10.1 Å². The second-order valence-corrected chi connectivity index (χ2v) is 7.65. The van der Waals surface area contributed by atoms with E-state index in [9.17, 15) is 18.0 Å². The summed E-state index contributed by atoms with van der Waals surface area (Å²) in [7, 11) is 0. The summed E-state index contributed by atoms with van der Waals surface area (Å²) in [6.45, 7) is 3.78. The highest BCUT2D eigenvalue weighted by atomic mass is 35.5. The lowest BCUT2D eigenvalue weighted by molar-refractivity contribution is -0.137. The number of aromatic nitrogens is 1. The van der Waals surface area contributed by atoms with E-state index in [1.54, 1.807) is 30.0 Å². The molecule has 1 aromatic carbocycles. The SMILES string of the molecule is CSCC(C)(C)NC(=O)c1ccccc1Oc1ncc(C(F)(F)F)cc1Cl. The molecule has 27 heavy (non-hydrogen) atoms. The van der Waals surface area contributed by atoms with Gasteiger partial charge in [0, 0.05) is 17.5 Å². The van der Waals surface area contributed by atoms with E-state index in [1.165, 1.54) is 6.07 Å². The molecule has 0 atom stereocenters. The van der Waals surface area contributed by atoms with Crippen LogP contribution in [0.1, 0.15) is 29.8 Å². The van der Waals surface area contributed by atoms with Crippen molar-refractivity contribution in [3.8, 4) is 11.6 Å². The van der Waals surface area contributed by atoms with Crippen molar-refractivity contribution in [2.75, 3.05) is 12.0 Å². The Balaban J connectivity index is 2.27. The van der Waals surface area contributed by atoms with Crippen molar-refractivity contribution in [3.05, 3.63) is 52.7 Å². The van der Waals surface area contributed by atoms with Gasteiger partial charge in [-0.15, -0.1) is 0 Å². The number of halogens is 4. The van der Waals surface area contributed by atoms with Crippen LogP contribution in [0.25, 0.3) is 0 Å². The van der Waals surface area contributed by atoms with E-state index in [-0.39, 0.29) is 28.1 Å². The second kappa shape index (κ2) is 8.39. The third kappa shape index (κ3) is 5.77. The van der Waals surface area contributed by atoms with Crippen LogP contribution in [0.2, 0.25) is 5.02 Å². The quantitative estimate of drug-likeness (QED) is 0.680. The van der Waals surface area contributed by atoms with Gasteiger partial charge in [-0.25, -0.2) is 4.98 Å². The number of carbonyl (C=O) groups excluding carboxylic acids is 1. The van der Waals surface area contributed by atoms with Gasteiger partial charge in [0.2, 0.25) is 5.88 Å². The molecular formula is C18H18ClF3N2O2S. The first-order valence-electron chi connectivity index (χ1n) is 7.84. The molecule has 0 fully saturated rings. The standard InChI is InChI=1S/C18H18ClF3N2O2S/c1-17(2,10-27-3)24-15(25)12-6-4-5-7-14(12)26-16-13(19)8-11(9-23-16)18(20,21)22/h4-9H,10H2,1-3H3,(H,24,25). The largest absolute Gasteiger partial charge is 0.437 e. The molecule has 146 valence electrons. The topological polar surface area (TPSA) is 51.2 Å². The van der Waals surface area contributed by atoms with Gasteiger partial charge in [0.15, 0.2) is 0 Å². The summed E-state index contributed by atoms with van der Waals surface area (Å²) < 4.78 is 43.7. The van der Waals surface area contributed by atoms with Crippen molar-refractivity contribution in [3.63, 3.8) is 0 Å². The van der Waals surface area contributed by atoms with Crippen LogP contribution >= 0.6 is 23.4 Å². The normalized spacial score (nSPS) is 12.0. The first kappa shape index (κ1) is 21.4. The molecule has 0 saturated carbocycles. The van der Waals surface area contributed by atoms with E-state index in [4.69, 9.17) is 16.3 Å². The van der Waals surface area contributed by atoms with Crippen LogP contribution in [0.5, 0.6) is 11.6 Å². The second-order valence-electron chi connectivity index (χ2n) is 6.38. The molecule has 0 aliphatic carbocycles. The van der Waals surface area contributed by atoms with Crippen LogP contribution in [0.3, 0.4) is 0 Å². The first-order chi connectivity index (χ1) is 12.5. The number of rotatable bonds is 6. The minimum atomic E-state index is -4.56. The molecule has 4 nitrogen and oxygen atoms in total. The van der Waals surface area contributed by atoms with Crippen LogP contribution in [-0.4, -0.2) is 28.4 Å². The van der Waals surface area contributed by atoms with Crippen molar-refractivity contribution >= 4 is 29.3 Å². The number of benzene rings is 1. The number of nitrogens with one attached hydrogen (secondary N) is 1. The summed E-state index contributed by atoms with van der Waals surface area (Å²) >= 11 is 7.47. The Hall–Kier alpha value is -1.93. The number of pyridine rings is 1. The lowest BCUT2D eigenvalue weighted by atomic mass is 10.1. The summed E-state index contributed by atoms with van der Waals surface area (Å²) in [6.07, 6.45) is -2.00. The van der Waals surface area contributed by atoms with E-state index in [0.29, 0.717) is 11.9 Å². The number of amides is 1. The minimum absolute atomic E-state index is 0.143.